The van der Waals surface area contributed by atoms with Gasteiger partial charge in [-0.15, -0.1) is 0 Å². The number of nitrogens with one attached hydrogen (secondary N) is 2. The van der Waals surface area contributed by atoms with Crippen LogP contribution in [0.4, 0.5) is 0 Å². The number of nitrogens with zero attached hydrogens (tertiary/aromatic N) is 3. The first-order valence-electron chi connectivity index (χ1n) is 8.93. The van der Waals surface area contributed by atoms with E-state index in [4.69, 9.17) is 0 Å². The maximum atomic E-state index is 12.8. The molecule has 0 bridgehead atoms. The van der Waals surface area contributed by atoms with Crippen molar-refractivity contribution in [3.63, 3.8) is 0 Å². The molecule has 3 heterocycles. The van der Waals surface area contributed by atoms with Gasteiger partial charge in [-0.05, 0) is 31.2 Å². The number of piperidine rings is 1. The number of piperazine rings is 1. The number of hydrogen-bond acceptors (Lipinski definition) is 5. The van der Waals surface area contributed by atoms with E-state index in [1.165, 1.54) is 4.57 Å². The minimum absolute atomic E-state index is 0.234. The summed E-state index contributed by atoms with van der Waals surface area (Å²) in [4.78, 5) is 38.8. The van der Waals surface area contributed by atoms with Gasteiger partial charge in [0.2, 0.25) is 11.8 Å². The van der Waals surface area contributed by atoms with E-state index in [0.29, 0.717) is 6.42 Å². The predicted molar refractivity (Wildman–Crippen MR) is 96.8 cm³/mol. The minimum Gasteiger partial charge on any atom is -0.314 e. The van der Waals surface area contributed by atoms with Crippen LogP contribution in [-0.4, -0.2) is 52.5 Å². The van der Waals surface area contributed by atoms with Crippen molar-refractivity contribution in [3.05, 3.63) is 34.2 Å². The Hall–Kier alpha value is -2.45. The molecule has 0 spiro atoms. The summed E-state index contributed by atoms with van der Waals surface area (Å²) in [5.41, 5.74) is 2.43. The lowest BCUT2D eigenvalue weighted by Crippen LogP contribution is -2.44. The topological polar surface area (TPSA) is 88.4 Å². The summed E-state index contributed by atoms with van der Waals surface area (Å²) >= 11 is 0. The third kappa shape index (κ3) is 2.65. The van der Waals surface area contributed by atoms with Crippen LogP contribution in [0, 0.1) is 0 Å². The van der Waals surface area contributed by atoms with Gasteiger partial charge in [-0.2, -0.15) is 0 Å². The molecular formula is C18H23N5O3. The van der Waals surface area contributed by atoms with Crippen molar-refractivity contribution in [1.29, 1.82) is 0 Å². The Morgan fingerprint density at radius 3 is 2.62 bits per heavy atom. The summed E-state index contributed by atoms with van der Waals surface area (Å²) in [5, 5.41) is 5.74. The van der Waals surface area contributed by atoms with Gasteiger partial charge in [0.15, 0.2) is 0 Å². The second-order valence-corrected chi connectivity index (χ2v) is 7.13. The Balaban J connectivity index is 1.79. The summed E-state index contributed by atoms with van der Waals surface area (Å²) in [5.74, 6) is -0.689. The summed E-state index contributed by atoms with van der Waals surface area (Å²) in [6.45, 7) is 2.81. The molecule has 2 atom stereocenters. The molecule has 1 aromatic carbocycles. The molecule has 1 aromatic heterocycles. The quantitative estimate of drug-likeness (QED) is 0.733. The Morgan fingerprint density at radius 2 is 1.88 bits per heavy atom. The van der Waals surface area contributed by atoms with E-state index in [2.05, 4.69) is 22.6 Å². The largest absolute Gasteiger partial charge is 0.329 e. The van der Waals surface area contributed by atoms with Gasteiger partial charge in [0.1, 0.15) is 6.04 Å². The molecule has 2 N–H and O–H groups in total. The Kier molecular flexibility index (Phi) is 4.16. The molecule has 8 nitrogen and oxygen atoms in total. The number of likely N-dealkylation sites (N-methyl/N-ethyl adjacent to an activating group) is 1. The van der Waals surface area contributed by atoms with E-state index in [0.717, 1.165) is 36.2 Å². The van der Waals surface area contributed by atoms with Gasteiger partial charge >= 0.3 is 5.69 Å². The number of carbonyl (C=O) groups excluding carboxylic acids is 2. The van der Waals surface area contributed by atoms with Gasteiger partial charge in [-0.1, -0.05) is 6.07 Å². The number of carbonyl (C=O) groups is 2. The van der Waals surface area contributed by atoms with Crippen LogP contribution in [0.2, 0.25) is 0 Å². The van der Waals surface area contributed by atoms with Crippen molar-refractivity contribution in [1.82, 2.24) is 24.7 Å². The smallest absolute Gasteiger partial charge is 0.314 e. The number of amides is 2. The highest BCUT2D eigenvalue weighted by Gasteiger charge is 2.31. The number of aryl methyl sites for hydroxylation is 1. The zero-order valence-corrected chi connectivity index (χ0v) is 15.0. The van der Waals surface area contributed by atoms with Crippen LogP contribution in [0.3, 0.4) is 0 Å². The molecule has 2 saturated heterocycles. The van der Waals surface area contributed by atoms with Gasteiger partial charge in [-0.3, -0.25) is 28.9 Å². The summed E-state index contributed by atoms with van der Waals surface area (Å²) in [6.07, 6.45) is 0.594. The van der Waals surface area contributed by atoms with Crippen LogP contribution in [0.1, 0.15) is 30.5 Å². The average molecular weight is 357 g/mol. The molecule has 2 amide bonds. The molecule has 4 rings (SSSR count). The number of imide groups is 1. The first-order valence-corrected chi connectivity index (χ1v) is 8.93. The van der Waals surface area contributed by atoms with E-state index in [-0.39, 0.29) is 24.1 Å². The van der Waals surface area contributed by atoms with Crippen LogP contribution in [-0.2, 0) is 16.6 Å². The molecule has 2 aliphatic heterocycles. The zero-order valence-electron chi connectivity index (χ0n) is 15.0. The standard InChI is InChI=1S/C18H23N5O3/c1-21-8-7-19-10-15(21)11-3-4-12-14(9-11)22(2)18(26)23(12)13-5-6-16(24)20-17(13)25/h3-4,9,13,15,19H,5-8,10H2,1-2H3,(H,20,24,25). The van der Waals surface area contributed by atoms with E-state index in [1.54, 1.807) is 11.6 Å². The fraction of sp³-hybridized carbons (Fsp3) is 0.500. The maximum Gasteiger partial charge on any atom is 0.329 e. The first kappa shape index (κ1) is 17.0. The predicted octanol–water partition coefficient (Wildman–Crippen LogP) is -0.106. The molecule has 0 saturated carbocycles. The van der Waals surface area contributed by atoms with E-state index in [1.807, 2.05) is 18.2 Å². The van der Waals surface area contributed by atoms with Crippen LogP contribution in [0.5, 0.6) is 0 Å². The van der Waals surface area contributed by atoms with Crippen LogP contribution in [0.25, 0.3) is 11.0 Å². The maximum absolute atomic E-state index is 12.8. The molecule has 2 aromatic rings. The van der Waals surface area contributed by atoms with Crippen LogP contribution < -0.4 is 16.3 Å². The summed E-state index contributed by atoms with van der Waals surface area (Å²) in [7, 11) is 3.82. The summed E-state index contributed by atoms with van der Waals surface area (Å²) < 4.78 is 3.10. The normalized spacial score (nSPS) is 24.8. The number of aromatic nitrogens is 2. The van der Waals surface area contributed by atoms with Crippen molar-refractivity contribution in [3.8, 4) is 0 Å². The highest BCUT2D eigenvalue weighted by Crippen LogP contribution is 2.27. The molecule has 2 fully saturated rings. The van der Waals surface area contributed by atoms with Crippen LogP contribution in [0.15, 0.2) is 23.0 Å². The van der Waals surface area contributed by atoms with Gasteiger partial charge in [0.25, 0.3) is 0 Å². The van der Waals surface area contributed by atoms with E-state index >= 15 is 0 Å². The molecule has 0 aliphatic carbocycles. The Morgan fingerprint density at radius 1 is 1.08 bits per heavy atom. The molecule has 26 heavy (non-hydrogen) atoms. The monoisotopic (exact) mass is 357 g/mol. The lowest BCUT2D eigenvalue weighted by atomic mass is 10.0. The minimum atomic E-state index is -0.645. The summed E-state index contributed by atoms with van der Waals surface area (Å²) in [6, 6.07) is 5.58. The fourth-order valence-electron chi connectivity index (χ4n) is 4.00. The Bertz CT molecular complexity index is 944. The molecule has 2 aliphatic rings. The number of hydrogen-bond donors (Lipinski definition) is 2. The highest BCUT2D eigenvalue weighted by atomic mass is 16.2. The van der Waals surface area contributed by atoms with Crippen molar-refractivity contribution in [2.75, 3.05) is 26.7 Å². The van der Waals surface area contributed by atoms with E-state index < -0.39 is 11.9 Å². The highest BCUT2D eigenvalue weighted by molar-refractivity contribution is 6.00. The van der Waals surface area contributed by atoms with Crippen molar-refractivity contribution in [2.24, 2.45) is 7.05 Å². The SMILES string of the molecule is CN1CCNCC1c1ccc2c(c1)n(C)c(=O)n2C1CCC(=O)NC1=O. The van der Waals surface area contributed by atoms with Crippen LogP contribution >= 0.6 is 0 Å². The van der Waals surface area contributed by atoms with E-state index in [9.17, 15) is 14.4 Å². The lowest BCUT2D eigenvalue weighted by Gasteiger charge is -2.33. The molecule has 0 radical (unpaired) electrons. The third-order valence-electron chi connectivity index (χ3n) is 5.53. The second-order valence-electron chi connectivity index (χ2n) is 7.13. The molecule has 8 heteroatoms. The second kappa shape index (κ2) is 6.37. The average Bonchev–Trinajstić information content (AvgIpc) is 2.87. The van der Waals surface area contributed by atoms with Gasteiger partial charge < -0.3 is 5.32 Å². The molecule has 2 unspecified atom stereocenters. The van der Waals surface area contributed by atoms with Gasteiger partial charge in [0.05, 0.1) is 11.0 Å². The Labute approximate surface area is 150 Å². The third-order valence-corrected chi connectivity index (χ3v) is 5.53. The van der Waals surface area contributed by atoms with Gasteiger partial charge in [-0.25, -0.2) is 4.79 Å². The molecule has 138 valence electrons. The number of benzene rings is 1. The zero-order chi connectivity index (χ0) is 18.4. The fourth-order valence-corrected chi connectivity index (χ4v) is 4.00. The van der Waals surface area contributed by atoms with Gasteiger partial charge in [0, 0.05) is 39.1 Å². The first-order chi connectivity index (χ1) is 12.5. The number of fused-ring (bicyclic) bond motifs is 1. The lowest BCUT2D eigenvalue weighted by molar-refractivity contribution is -0.135. The van der Waals surface area contributed by atoms with Crippen molar-refractivity contribution >= 4 is 22.8 Å². The number of rotatable bonds is 2. The number of imidazole rings is 1. The van der Waals surface area contributed by atoms with Crippen molar-refractivity contribution < 1.29 is 9.59 Å². The molecular weight excluding hydrogens is 334 g/mol. The van der Waals surface area contributed by atoms with Crippen molar-refractivity contribution in [2.45, 2.75) is 24.9 Å².